The van der Waals surface area contributed by atoms with Gasteiger partial charge >= 0.3 is 0 Å². The molecule has 0 saturated carbocycles. The smallest absolute Gasteiger partial charge is 0.107 e. The summed E-state index contributed by atoms with van der Waals surface area (Å²) in [7, 11) is 0. The first-order chi connectivity index (χ1) is 6.75. The molecule has 3 aromatic rings. The van der Waals surface area contributed by atoms with Gasteiger partial charge in [0.15, 0.2) is 0 Å². The van der Waals surface area contributed by atoms with Gasteiger partial charge in [0.1, 0.15) is 5.52 Å². The average molecular weight is 203 g/mol. The number of nitrogens with one attached hydrogen (secondary N) is 1. The van der Waals surface area contributed by atoms with E-state index in [1.807, 2.05) is 19.2 Å². The van der Waals surface area contributed by atoms with E-state index in [2.05, 4.69) is 16.0 Å². The predicted molar refractivity (Wildman–Crippen MR) is 60.6 cm³/mol. The Morgan fingerprint density at radius 1 is 1.50 bits per heavy atom. The molecule has 0 amide bonds. The fourth-order valence-corrected chi connectivity index (χ4v) is 2.62. The van der Waals surface area contributed by atoms with Gasteiger partial charge < -0.3 is 10.7 Å². The number of nitrogen functional groups attached to an aromatic ring is 1. The molecule has 14 heavy (non-hydrogen) atoms. The lowest BCUT2D eigenvalue weighted by Gasteiger charge is -1.97. The van der Waals surface area contributed by atoms with Crippen molar-refractivity contribution < 1.29 is 0 Å². The summed E-state index contributed by atoms with van der Waals surface area (Å²) in [5, 5.41) is 2.21. The molecule has 4 heteroatoms. The third kappa shape index (κ3) is 0.886. The summed E-state index contributed by atoms with van der Waals surface area (Å²) in [6.45, 7) is 2.00. The Labute approximate surface area is 84.6 Å². The number of hydrogen-bond donors (Lipinski definition) is 2. The van der Waals surface area contributed by atoms with Crippen molar-refractivity contribution in [1.82, 2.24) is 9.97 Å². The molecule has 0 unspecified atom stereocenters. The molecule has 70 valence electrons. The highest BCUT2D eigenvalue weighted by atomic mass is 32.1. The van der Waals surface area contributed by atoms with E-state index >= 15 is 0 Å². The normalized spacial score (nSPS) is 11.5. The molecule has 0 radical (unpaired) electrons. The largest absolute Gasteiger partial charge is 0.395 e. The second-order valence-corrected chi connectivity index (χ2v) is 4.55. The molecule has 0 bridgehead atoms. The molecule has 0 fully saturated rings. The molecule has 0 aliphatic rings. The van der Waals surface area contributed by atoms with Crippen molar-refractivity contribution in [3.63, 3.8) is 0 Å². The zero-order valence-corrected chi connectivity index (χ0v) is 8.48. The SMILES string of the molecule is Cc1nc2c(N)c3[nH]ccc3cc2s1. The third-order valence-corrected chi connectivity index (χ3v) is 3.27. The Morgan fingerprint density at radius 2 is 2.36 bits per heavy atom. The molecule has 2 aromatic heterocycles. The molecule has 0 aliphatic carbocycles. The van der Waals surface area contributed by atoms with Crippen molar-refractivity contribution in [2.75, 3.05) is 5.73 Å². The molecule has 0 atom stereocenters. The molecule has 2 heterocycles. The van der Waals surface area contributed by atoms with Crippen LogP contribution < -0.4 is 5.73 Å². The van der Waals surface area contributed by atoms with Gasteiger partial charge in [0.05, 0.1) is 20.9 Å². The summed E-state index contributed by atoms with van der Waals surface area (Å²) in [5.41, 5.74) is 8.69. The minimum absolute atomic E-state index is 0.756. The third-order valence-electron chi connectivity index (χ3n) is 2.35. The second-order valence-electron chi connectivity index (χ2n) is 3.31. The number of fused-ring (bicyclic) bond motifs is 2. The van der Waals surface area contributed by atoms with Crippen molar-refractivity contribution in [3.8, 4) is 0 Å². The molecule has 1 aromatic carbocycles. The van der Waals surface area contributed by atoms with Gasteiger partial charge in [0, 0.05) is 11.6 Å². The highest BCUT2D eigenvalue weighted by Crippen LogP contribution is 2.32. The number of anilines is 1. The number of thiazole rings is 1. The summed E-state index contributed by atoms with van der Waals surface area (Å²) in [5.74, 6) is 0. The number of aryl methyl sites for hydroxylation is 1. The van der Waals surface area contributed by atoms with E-state index in [0.717, 1.165) is 31.8 Å². The van der Waals surface area contributed by atoms with Crippen LogP contribution in [0.5, 0.6) is 0 Å². The van der Waals surface area contributed by atoms with Gasteiger partial charge in [-0.1, -0.05) is 0 Å². The van der Waals surface area contributed by atoms with Gasteiger partial charge in [-0.15, -0.1) is 11.3 Å². The second kappa shape index (κ2) is 2.48. The fraction of sp³-hybridized carbons (Fsp3) is 0.100. The van der Waals surface area contributed by atoms with Crippen LogP contribution in [-0.2, 0) is 0 Å². The zero-order valence-electron chi connectivity index (χ0n) is 7.66. The quantitative estimate of drug-likeness (QED) is 0.552. The first kappa shape index (κ1) is 7.82. The van der Waals surface area contributed by atoms with Crippen molar-refractivity contribution in [1.29, 1.82) is 0 Å². The van der Waals surface area contributed by atoms with Gasteiger partial charge in [-0.2, -0.15) is 0 Å². The Kier molecular flexibility index (Phi) is 1.39. The number of H-pyrrole nitrogens is 1. The molecule has 3 nitrogen and oxygen atoms in total. The fourth-order valence-electron chi connectivity index (χ4n) is 1.73. The zero-order chi connectivity index (χ0) is 9.71. The lowest BCUT2D eigenvalue weighted by molar-refractivity contribution is 1.35. The molecule has 0 aliphatic heterocycles. The van der Waals surface area contributed by atoms with Gasteiger partial charge in [-0.05, 0) is 19.1 Å². The maximum absolute atomic E-state index is 6.03. The Bertz CT molecular complexity index is 621. The van der Waals surface area contributed by atoms with Crippen LogP contribution in [0.4, 0.5) is 5.69 Å². The van der Waals surface area contributed by atoms with E-state index in [-0.39, 0.29) is 0 Å². The number of nitrogens with zero attached hydrogens (tertiary/aromatic N) is 1. The van der Waals surface area contributed by atoms with Crippen molar-refractivity contribution in [3.05, 3.63) is 23.3 Å². The van der Waals surface area contributed by atoms with E-state index in [1.54, 1.807) is 11.3 Å². The van der Waals surface area contributed by atoms with Gasteiger partial charge in [0.25, 0.3) is 0 Å². The summed E-state index contributed by atoms with van der Waals surface area (Å²) in [4.78, 5) is 7.54. The Hall–Kier alpha value is -1.55. The summed E-state index contributed by atoms with van der Waals surface area (Å²) in [6, 6.07) is 4.16. The molecule has 0 saturated heterocycles. The summed E-state index contributed by atoms with van der Waals surface area (Å²) >= 11 is 1.68. The van der Waals surface area contributed by atoms with E-state index in [9.17, 15) is 0 Å². The van der Waals surface area contributed by atoms with E-state index in [1.165, 1.54) is 0 Å². The van der Waals surface area contributed by atoms with E-state index in [4.69, 9.17) is 5.73 Å². The van der Waals surface area contributed by atoms with Gasteiger partial charge in [0.2, 0.25) is 0 Å². The van der Waals surface area contributed by atoms with Crippen molar-refractivity contribution in [2.45, 2.75) is 6.92 Å². The van der Waals surface area contributed by atoms with E-state index in [0.29, 0.717) is 0 Å². The highest BCUT2D eigenvalue weighted by molar-refractivity contribution is 7.18. The van der Waals surface area contributed by atoms with Crippen molar-refractivity contribution in [2.24, 2.45) is 0 Å². The Balaban J connectivity index is 2.61. The van der Waals surface area contributed by atoms with Crippen LogP contribution in [0.2, 0.25) is 0 Å². The lowest BCUT2D eigenvalue weighted by atomic mass is 10.2. The molecule has 0 spiro atoms. The van der Waals surface area contributed by atoms with E-state index < -0.39 is 0 Å². The number of hydrogen-bond acceptors (Lipinski definition) is 3. The summed E-state index contributed by atoms with van der Waals surface area (Å²) < 4.78 is 1.16. The van der Waals surface area contributed by atoms with Crippen LogP contribution in [-0.4, -0.2) is 9.97 Å². The molecule has 3 rings (SSSR count). The lowest BCUT2D eigenvalue weighted by Crippen LogP contribution is -1.88. The maximum Gasteiger partial charge on any atom is 0.107 e. The van der Waals surface area contributed by atoms with Crippen LogP contribution in [0.25, 0.3) is 21.1 Å². The number of aromatic amines is 1. The van der Waals surface area contributed by atoms with Crippen molar-refractivity contribution >= 4 is 38.1 Å². The molecule has 3 N–H and O–H groups in total. The average Bonchev–Trinajstić information content (AvgIpc) is 2.71. The standard InChI is InChI=1S/C10H9N3S/c1-5-13-10-7(14-5)4-6-2-3-12-9(6)8(10)11/h2-4,12H,11H2,1H3. The van der Waals surface area contributed by atoms with Crippen LogP contribution in [0, 0.1) is 6.92 Å². The monoisotopic (exact) mass is 203 g/mol. The van der Waals surface area contributed by atoms with Crippen LogP contribution in [0.15, 0.2) is 18.3 Å². The van der Waals surface area contributed by atoms with Gasteiger partial charge in [-0.25, -0.2) is 4.98 Å². The van der Waals surface area contributed by atoms with Crippen LogP contribution >= 0.6 is 11.3 Å². The molecular weight excluding hydrogens is 194 g/mol. The number of nitrogens with two attached hydrogens (primary N) is 1. The van der Waals surface area contributed by atoms with Crippen LogP contribution in [0.1, 0.15) is 5.01 Å². The minimum atomic E-state index is 0.756. The minimum Gasteiger partial charge on any atom is -0.395 e. The van der Waals surface area contributed by atoms with Gasteiger partial charge in [-0.3, -0.25) is 0 Å². The maximum atomic E-state index is 6.03. The molecular formula is C10H9N3S. The first-order valence-electron chi connectivity index (χ1n) is 4.38. The van der Waals surface area contributed by atoms with Crippen LogP contribution in [0.3, 0.4) is 0 Å². The first-order valence-corrected chi connectivity index (χ1v) is 5.20. The number of rotatable bonds is 0. The Morgan fingerprint density at radius 3 is 3.21 bits per heavy atom. The number of aromatic nitrogens is 2. The summed E-state index contributed by atoms with van der Waals surface area (Å²) in [6.07, 6.45) is 1.90. The predicted octanol–water partition coefficient (Wildman–Crippen LogP) is 2.67. The topological polar surface area (TPSA) is 54.7 Å². The number of benzene rings is 1. The highest BCUT2D eigenvalue weighted by Gasteiger charge is 2.08.